The van der Waals surface area contributed by atoms with Gasteiger partial charge < -0.3 is 4.74 Å². The van der Waals surface area contributed by atoms with Crippen molar-refractivity contribution in [3.8, 4) is 5.75 Å². The van der Waals surface area contributed by atoms with Crippen molar-refractivity contribution < 1.29 is 14.5 Å². The average Bonchev–Trinajstić information content (AvgIpc) is 3.03. The Labute approximate surface area is 207 Å². The third-order valence-corrected chi connectivity index (χ3v) is 5.72. The molecule has 36 heavy (non-hydrogen) atoms. The lowest BCUT2D eigenvalue weighted by Crippen LogP contribution is -2.36. The van der Waals surface area contributed by atoms with Crippen LogP contribution < -0.4 is 9.64 Å². The number of ether oxygens (including phenoxy) is 1. The minimum Gasteiger partial charge on any atom is -0.487 e. The summed E-state index contributed by atoms with van der Waals surface area (Å²) in [6.45, 7) is 0.389. The lowest BCUT2D eigenvalue weighted by molar-refractivity contribution is -0.384. The number of benzene rings is 4. The molecule has 4 aromatic rings. The number of amides is 2. The van der Waals surface area contributed by atoms with Gasteiger partial charge in [-0.05, 0) is 35.9 Å². The molecule has 1 heterocycles. The lowest BCUT2D eigenvalue weighted by atomic mass is 10.1. The minimum atomic E-state index is -0.466. The van der Waals surface area contributed by atoms with E-state index in [4.69, 9.17) is 9.84 Å². The van der Waals surface area contributed by atoms with Crippen LogP contribution in [0.25, 0.3) is 0 Å². The molecule has 0 unspecified atom stereocenters. The molecule has 178 valence electrons. The van der Waals surface area contributed by atoms with Gasteiger partial charge in [0.1, 0.15) is 18.1 Å². The van der Waals surface area contributed by atoms with Gasteiger partial charge in [0.15, 0.2) is 0 Å². The van der Waals surface area contributed by atoms with Crippen molar-refractivity contribution in [3.63, 3.8) is 0 Å². The van der Waals surface area contributed by atoms with E-state index >= 15 is 0 Å². The Kier molecular flexibility index (Phi) is 6.40. The number of rotatable bonds is 7. The number of nitro benzene ring substituents is 1. The number of carbonyl (C=O) groups is 1. The highest BCUT2D eigenvalue weighted by Gasteiger charge is 2.31. The standard InChI is InChI=1S/C28H22N4O4/c33-28-30(19-21-9-3-1-4-10-21)29-26(20-36-24-11-5-2-6-12-24)25-13-7-8-14-27(25)31(28)22-15-17-23(18-16-22)32(34)35/h1-18H,19-20H2. The van der Waals surface area contributed by atoms with Gasteiger partial charge in [-0.3, -0.25) is 15.0 Å². The Hall–Kier alpha value is -4.98. The first-order valence-corrected chi connectivity index (χ1v) is 11.3. The van der Waals surface area contributed by atoms with Gasteiger partial charge in [-0.1, -0.05) is 66.7 Å². The van der Waals surface area contributed by atoms with Crippen LogP contribution in [0.3, 0.4) is 0 Å². The van der Waals surface area contributed by atoms with Gasteiger partial charge in [0.25, 0.3) is 5.69 Å². The topological polar surface area (TPSA) is 88.3 Å². The fraction of sp³-hybridized carbons (Fsp3) is 0.0714. The van der Waals surface area contributed by atoms with Crippen molar-refractivity contribution in [3.05, 3.63) is 130 Å². The van der Waals surface area contributed by atoms with Crippen LogP contribution in [0.5, 0.6) is 5.75 Å². The highest BCUT2D eigenvalue weighted by molar-refractivity contribution is 6.13. The molecule has 8 nitrogen and oxygen atoms in total. The number of urea groups is 1. The smallest absolute Gasteiger partial charge is 0.349 e. The van der Waals surface area contributed by atoms with Crippen LogP contribution in [0.4, 0.5) is 21.9 Å². The van der Waals surface area contributed by atoms with E-state index in [-0.39, 0.29) is 24.9 Å². The van der Waals surface area contributed by atoms with Crippen LogP contribution in [-0.4, -0.2) is 28.3 Å². The molecule has 0 N–H and O–H groups in total. The number of carbonyl (C=O) groups excluding carboxylic acids is 1. The molecule has 0 fully saturated rings. The lowest BCUT2D eigenvalue weighted by Gasteiger charge is -2.26. The van der Waals surface area contributed by atoms with Crippen LogP contribution in [0, 0.1) is 10.1 Å². The van der Waals surface area contributed by atoms with Crippen molar-refractivity contribution in [2.24, 2.45) is 5.10 Å². The summed E-state index contributed by atoms with van der Waals surface area (Å²) in [4.78, 5) is 26.2. The molecule has 0 aromatic heterocycles. The molecule has 0 spiro atoms. The molecule has 2 amide bonds. The zero-order valence-electron chi connectivity index (χ0n) is 19.2. The first kappa shape index (κ1) is 22.8. The Morgan fingerprint density at radius 1 is 0.806 bits per heavy atom. The summed E-state index contributed by atoms with van der Waals surface area (Å²) in [6, 6.07) is 32.0. The van der Waals surface area contributed by atoms with Crippen molar-refractivity contribution in [2.45, 2.75) is 6.54 Å². The summed E-state index contributed by atoms with van der Waals surface area (Å²) in [5, 5.41) is 17.3. The average molecular weight is 479 g/mol. The number of nitrogens with zero attached hydrogens (tertiary/aromatic N) is 4. The summed E-state index contributed by atoms with van der Waals surface area (Å²) in [7, 11) is 0. The van der Waals surface area contributed by atoms with Gasteiger partial charge in [-0.25, -0.2) is 9.80 Å². The molecule has 0 atom stereocenters. The van der Waals surface area contributed by atoms with E-state index in [1.54, 1.807) is 12.1 Å². The molecule has 5 rings (SSSR count). The zero-order valence-corrected chi connectivity index (χ0v) is 19.2. The number of para-hydroxylation sites is 2. The van der Waals surface area contributed by atoms with Gasteiger partial charge in [0.05, 0.1) is 22.8 Å². The maximum atomic E-state index is 13.9. The third-order valence-electron chi connectivity index (χ3n) is 5.72. The predicted molar refractivity (Wildman–Crippen MR) is 138 cm³/mol. The number of hydrazone groups is 1. The summed E-state index contributed by atoms with van der Waals surface area (Å²) in [5.74, 6) is 0.690. The fourth-order valence-electron chi connectivity index (χ4n) is 3.98. The first-order valence-electron chi connectivity index (χ1n) is 11.3. The van der Waals surface area contributed by atoms with Crippen LogP contribution in [-0.2, 0) is 6.54 Å². The highest BCUT2D eigenvalue weighted by Crippen LogP contribution is 2.34. The van der Waals surface area contributed by atoms with E-state index in [9.17, 15) is 14.9 Å². The fourth-order valence-corrected chi connectivity index (χ4v) is 3.98. The van der Waals surface area contributed by atoms with Crippen molar-refractivity contribution >= 4 is 28.8 Å². The van der Waals surface area contributed by atoms with Crippen molar-refractivity contribution in [1.29, 1.82) is 0 Å². The third kappa shape index (κ3) is 4.78. The highest BCUT2D eigenvalue weighted by atomic mass is 16.6. The molecule has 1 aliphatic heterocycles. The van der Waals surface area contributed by atoms with Gasteiger partial charge in [-0.2, -0.15) is 5.10 Å². The van der Waals surface area contributed by atoms with Gasteiger partial charge in [0, 0.05) is 17.7 Å². The minimum absolute atomic E-state index is 0.0522. The summed E-state index contributed by atoms with van der Waals surface area (Å²) in [6.07, 6.45) is 0. The van der Waals surface area contributed by atoms with E-state index in [0.717, 1.165) is 11.1 Å². The largest absolute Gasteiger partial charge is 0.487 e. The molecule has 4 aromatic carbocycles. The molecule has 0 radical (unpaired) electrons. The van der Waals surface area contributed by atoms with Gasteiger partial charge in [-0.15, -0.1) is 0 Å². The van der Waals surface area contributed by atoms with E-state index < -0.39 is 4.92 Å². The van der Waals surface area contributed by atoms with Crippen LogP contribution in [0.2, 0.25) is 0 Å². The van der Waals surface area contributed by atoms with Crippen molar-refractivity contribution in [1.82, 2.24) is 5.01 Å². The molecule has 1 aliphatic rings. The SMILES string of the molecule is O=C1N(Cc2ccccc2)N=C(COc2ccccc2)c2ccccc2N1c1ccc([N+](=O)[O-])cc1. The zero-order chi connectivity index (χ0) is 24.9. The van der Waals surface area contributed by atoms with Crippen LogP contribution >= 0.6 is 0 Å². The number of anilines is 2. The molecular formula is C28H22N4O4. The monoisotopic (exact) mass is 478 g/mol. The first-order chi connectivity index (χ1) is 17.6. The van der Waals surface area contributed by atoms with E-state index in [1.165, 1.54) is 22.0 Å². The quantitative estimate of drug-likeness (QED) is 0.235. The van der Waals surface area contributed by atoms with E-state index in [1.807, 2.05) is 84.9 Å². The Bertz CT molecular complexity index is 1410. The molecular weight excluding hydrogens is 456 g/mol. The maximum Gasteiger partial charge on any atom is 0.349 e. The Balaban J connectivity index is 1.58. The summed E-state index contributed by atoms with van der Waals surface area (Å²) in [5.41, 5.74) is 3.29. The predicted octanol–water partition coefficient (Wildman–Crippen LogP) is 6.15. The summed E-state index contributed by atoms with van der Waals surface area (Å²) >= 11 is 0. The molecule has 8 heteroatoms. The molecule has 0 aliphatic carbocycles. The second-order valence-corrected chi connectivity index (χ2v) is 8.10. The number of nitro groups is 1. The Morgan fingerprint density at radius 2 is 1.44 bits per heavy atom. The van der Waals surface area contributed by atoms with E-state index in [2.05, 4.69) is 0 Å². The van der Waals surface area contributed by atoms with Crippen molar-refractivity contribution in [2.75, 3.05) is 11.5 Å². The number of fused-ring (bicyclic) bond motifs is 1. The van der Waals surface area contributed by atoms with Crippen LogP contribution in [0.1, 0.15) is 11.1 Å². The number of non-ortho nitro benzene ring substituents is 1. The van der Waals surface area contributed by atoms with Gasteiger partial charge in [0.2, 0.25) is 0 Å². The Morgan fingerprint density at radius 3 is 2.14 bits per heavy atom. The molecule has 0 bridgehead atoms. The van der Waals surface area contributed by atoms with Gasteiger partial charge >= 0.3 is 6.03 Å². The van der Waals surface area contributed by atoms with E-state index in [0.29, 0.717) is 22.8 Å². The number of hydrogen-bond donors (Lipinski definition) is 0. The molecule has 0 saturated carbocycles. The second kappa shape index (κ2) is 10.1. The second-order valence-electron chi connectivity index (χ2n) is 8.10. The van der Waals surface area contributed by atoms with Crippen LogP contribution in [0.15, 0.2) is 114 Å². The number of hydrogen-bond acceptors (Lipinski definition) is 5. The summed E-state index contributed by atoms with van der Waals surface area (Å²) < 4.78 is 6.01. The molecule has 0 saturated heterocycles. The normalized spacial score (nSPS) is 13.0. The maximum absolute atomic E-state index is 13.9.